The fraction of sp³-hybridized carbons (Fsp3) is 0.974. The van der Waals surface area contributed by atoms with E-state index in [2.05, 4.69) is 15.9 Å². The first-order valence-electron chi connectivity index (χ1n) is 20.0. The zero-order valence-corrected chi connectivity index (χ0v) is 36.6. The maximum Gasteiger partial charge on any atom is 0.332 e. The molecule has 342 valence electrons. The van der Waals surface area contributed by atoms with Crippen molar-refractivity contribution in [3.8, 4) is 0 Å². The number of hydrogen-bond donors (Lipinski definition) is 0. The van der Waals surface area contributed by atoms with E-state index >= 15 is 0 Å². The Bertz CT molecular complexity index is 783. The van der Waals surface area contributed by atoms with Gasteiger partial charge in [-0.25, -0.2) is 4.79 Å². The van der Waals surface area contributed by atoms with Crippen molar-refractivity contribution < 1.29 is 85.3 Å². The first-order valence-corrected chi connectivity index (χ1v) is 21.1. The minimum Gasteiger partial charge on any atom is -0.458 e. The Morgan fingerprint density at radius 2 is 0.456 bits per heavy atom. The molecule has 0 saturated carbocycles. The third-order valence-corrected chi connectivity index (χ3v) is 6.77. The molecule has 57 heavy (non-hydrogen) atoms. The first kappa shape index (κ1) is 56.3. The summed E-state index contributed by atoms with van der Waals surface area (Å²) in [7, 11) is 0. The van der Waals surface area contributed by atoms with Gasteiger partial charge in [0.25, 0.3) is 0 Å². The number of carbonyl (C=O) groups excluding carboxylic acids is 1. The van der Waals surface area contributed by atoms with Crippen LogP contribution in [-0.4, -0.2) is 228 Å². The monoisotopic (exact) mass is 898 g/mol. The molecule has 0 unspecified atom stereocenters. The molecular formula is C38H75BrO18. The quantitative estimate of drug-likeness (QED) is 0.0492. The van der Waals surface area contributed by atoms with Gasteiger partial charge in [-0.2, -0.15) is 0 Å². The van der Waals surface area contributed by atoms with Crippen molar-refractivity contribution in [2.45, 2.75) is 26.4 Å². The zero-order chi connectivity index (χ0) is 41.4. The molecule has 0 spiro atoms. The lowest BCUT2D eigenvalue weighted by Crippen LogP contribution is -2.27. The highest BCUT2D eigenvalue weighted by Crippen LogP contribution is 2.06. The highest BCUT2D eigenvalue weighted by Gasteiger charge is 2.15. The van der Waals surface area contributed by atoms with Crippen LogP contribution in [0.25, 0.3) is 0 Å². The van der Waals surface area contributed by atoms with Crippen LogP contribution < -0.4 is 0 Å². The third kappa shape index (κ3) is 53.3. The topological polar surface area (TPSA) is 174 Å². The number of halogens is 1. The van der Waals surface area contributed by atoms with Crippen molar-refractivity contribution in [3.63, 3.8) is 0 Å². The minimum absolute atomic E-state index is 0.0870. The average Bonchev–Trinajstić information content (AvgIpc) is 3.18. The van der Waals surface area contributed by atoms with Gasteiger partial charge >= 0.3 is 5.97 Å². The maximum atomic E-state index is 11.5. The van der Waals surface area contributed by atoms with Gasteiger partial charge in [-0.1, -0.05) is 15.9 Å². The Hall–Kier alpha value is -0.690. The van der Waals surface area contributed by atoms with Gasteiger partial charge in [-0.05, 0) is 20.8 Å². The molecule has 0 aliphatic rings. The molecule has 0 aromatic heterocycles. The van der Waals surface area contributed by atoms with E-state index < -0.39 is 5.60 Å². The lowest BCUT2D eigenvalue weighted by Gasteiger charge is -2.19. The summed E-state index contributed by atoms with van der Waals surface area (Å²) in [4.78, 5) is 11.5. The summed E-state index contributed by atoms with van der Waals surface area (Å²) in [6, 6.07) is 0. The van der Waals surface area contributed by atoms with Crippen LogP contribution in [0.1, 0.15) is 20.8 Å². The Morgan fingerprint density at radius 3 is 0.614 bits per heavy atom. The van der Waals surface area contributed by atoms with Crippen LogP contribution in [-0.2, 0) is 85.3 Å². The Morgan fingerprint density at radius 1 is 0.298 bits per heavy atom. The number of rotatable bonds is 49. The van der Waals surface area contributed by atoms with Gasteiger partial charge in [0.15, 0.2) is 0 Å². The van der Waals surface area contributed by atoms with Gasteiger partial charge < -0.3 is 80.5 Å². The summed E-state index contributed by atoms with van der Waals surface area (Å²) in [6.07, 6.45) is 0. The molecule has 0 fully saturated rings. The van der Waals surface area contributed by atoms with E-state index in [1.54, 1.807) is 0 Å². The number of carbonyl (C=O) groups is 1. The SMILES string of the molecule is CC(C)(C)OC(=O)COCCOCCOCCOCCOCCOCCOCCOCCOCCOCCOCCOCCOCCOCCOCCOCCBr. The van der Waals surface area contributed by atoms with Crippen LogP contribution in [0.5, 0.6) is 0 Å². The Labute approximate surface area is 349 Å². The van der Waals surface area contributed by atoms with Gasteiger partial charge in [0.05, 0.1) is 205 Å². The summed E-state index contributed by atoms with van der Waals surface area (Å²) in [5.74, 6) is -0.390. The Balaban J connectivity index is 3.09. The third-order valence-electron chi connectivity index (χ3n) is 6.44. The predicted molar refractivity (Wildman–Crippen MR) is 213 cm³/mol. The van der Waals surface area contributed by atoms with Crippen LogP contribution in [0.3, 0.4) is 0 Å². The van der Waals surface area contributed by atoms with E-state index in [-0.39, 0.29) is 12.6 Å². The van der Waals surface area contributed by atoms with Crippen molar-refractivity contribution in [3.05, 3.63) is 0 Å². The fourth-order valence-electron chi connectivity index (χ4n) is 3.88. The van der Waals surface area contributed by atoms with Crippen molar-refractivity contribution in [1.29, 1.82) is 0 Å². The molecule has 0 aliphatic carbocycles. The number of ether oxygens (including phenoxy) is 17. The smallest absolute Gasteiger partial charge is 0.332 e. The van der Waals surface area contributed by atoms with Crippen LogP contribution in [0.2, 0.25) is 0 Å². The van der Waals surface area contributed by atoms with E-state index in [1.165, 1.54) is 0 Å². The molecule has 0 aromatic carbocycles. The van der Waals surface area contributed by atoms with Gasteiger partial charge in [0, 0.05) is 5.33 Å². The lowest BCUT2D eigenvalue weighted by molar-refractivity contribution is -0.160. The fourth-order valence-corrected chi connectivity index (χ4v) is 4.11. The van der Waals surface area contributed by atoms with E-state index in [1.807, 2.05) is 20.8 Å². The highest BCUT2D eigenvalue weighted by atomic mass is 79.9. The molecule has 19 heteroatoms. The van der Waals surface area contributed by atoms with Gasteiger partial charge in [0.1, 0.15) is 12.2 Å². The maximum absolute atomic E-state index is 11.5. The zero-order valence-electron chi connectivity index (χ0n) is 35.1. The number of esters is 1. The van der Waals surface area contributed by atoms with E-state index in [9.17, 15) is 4.79 Å². The summed E-state index contributed by atoms with van der Waals surface area (Å²) >= 11 is 3.30. The molecule has 0 N–H and O–H groups in total. The van der Waals surface area contributed by atoms with Crippen LogP contribution in [0.15, 0.2) is 0 Å². The number of hydrogen-bond acceptors (Lipinski definition) is 18. The standard InChI is InChI=1S/C38H75BrO18/c1-38(2,3)57-37(40)36-56-35-34-55-33-32-54-31-30-53-29-28-52-27-26-51-25-24-50-23-22-49-21-20-48-19-18-47-17-16-46-15-14-45-13-12-44-11-10-43-9-8-42-7-6-41-5-4-39/h4-36H2,1-3H3. The second-order valence-electron chi connectivity index (χ2n) is 12.5. The van der Waals surface area contributed by atoms with Gasteiger partial charge in [-0.15, -0.1) is 0 Å². The van der Waals surface area contributed by atoms with E-state index in [4.69, 9.17) is 80.5 Å². The largest absolute Gasteiger partial charge is 0.458 e. The summed E-state index contributed by atoms with van der Waals surface area (Å²) < 4.78 is 92.2. The molecule has 0 atom stereocenters. The first-order chi connectivity index (χ1) is 28.0. The summed E-state index contributed by atoms with van der Waals surface area (Å²) in [5, 5.41) is 0.832. The molecular weight excluding hydrogens is 824 g/mol. The molecule has 0 heterocycles. The van der Waals surface area contributed by atoms with Crippen LogP contribution in [0.4, 0.5) is 0 Å². The summed E-state index contributed by atoms with van der Waals surface area (Å²) in [6.45, 7) is 20.7. The molecule has 0 rings (SSSR count). The predicted octanol–water partition coefficient (Wildman–Crippen LogP) is 1.99. The molecule has 0 aliphatic heterocycles. The minimum atomic E-state index is -0.515. The van der Waals surface area contributed by atoms with Crippen molar-refractivity contribution in [1.82, 2.24) is 0 Å². The highest BCUT2D eigenvalue weighted by molar-refractivity contribution is 9.09. The van der Waals surface area contributed by atoms with Gasteiger partial charge in [-0.3, -0.25) is 0 Å². The van der Waals surface area contributed by atoms with E-state index in [0.29, 0.717) is 205 Å². The normalized spacial score (nSPS) is 11.9. The number of alkyl halides is 1. The van der Waals surface area contributed by atoms with Gasteiger partial charge in [0.2, 0.25) is 0 Å². The van der Waals surface area contributed by atoms with Crippen molar-refractivity contribution >= 4 is 21.9 Å². The second-order valence-corrected chi connectivity index (χ2v) is 13.3. The van der Waals surface area contributed by atoms with Crippen molar-refractivity contribution in [2.75, 3.05) is 217 Å². The average molecular weight is 900 g/mol. The second kappa shape index (κ2) is 48.0. The van der Waals surface area contributed by atoms with Crippen LogP contribution in [0, 0.1) is 0 Å². The molecule has 0 aromatic rings. The lowest BCUT2D eigenvalue weighted by atomic mass is 10.2. The van der Waals surface area contributed by atoms with Crippen molar-refractivity contribution in [2.24, 2.45) is 0 Å². The van der Waals surface area contributed by atoms with E-state index in [0.717, 1.165) is 5.33 Å². The molecule has 0 radical (unpaired) electrons. The molecule has 18 nitrogen and oxygen atoms in total. The molecule has 0 saturated heterocycles. The molecule has 0 bridgehead atoms. The molecule has 0 amide bonds. The summed E-state index contributed by atoms with van der Waals surface area (Å²) in [5.41, 5.74) is -0.515. The van der Waals surface area contributed by atoms with Crippen LogP contribution >= 0.6 is 15.9 Å². The Kier molecular flexibility index (Phi) is 47.4.